The predicted molar refractivity (Wildman–Crippen MR) is 69.7 cm³/mol. The van der Waals surface area contributed by atoms with Gasteiger partial charge in [-0.3, -0.25) is 0 Å². The Morgan fingerprint density at radius 2 is 1.69 bits per heavy atom. The Balaban J connectivity index is 1.85. The minimum absolute atomic E-state index is 0.618. The first-order chi connectivity index (χ1) is 7.85. The number of rotatable bonds is 5. The van der Waals surface area contributed by atoms with E-state index in [1.165, 1.54) is 71.1 Å². The van der Waals surface area contributed by atoms with Crippen molar-refractivity contribution < 1.29 is 0 Å². The van der Waals surface area contributed by atoms with Crippen LogP contribution in [-0.4, -0.2) is 37.6 Å². The lowest BCUT2D eigenvalue weighted by atomic mass is 9.85. The fourth-order valence-corrected chi connectivity index (χ4v) is 3.50. The zero-order chi connectivity index (χ0) is 11.3. The summed E-state index contributed by atoms with van der Waals surface area (Å²) in [6.07, 6.45) is 10.1. The summed E-state index contributed by atoms with van der Waals surface area (Å²) in [6, 6.07) is 0. The molecule has 0 spiro atoms. The summed E-state index contributed by atoms with van der Waals surface area (Å²) in [5.41, 5.74) is 0.618. The van der Waals surface area contributed by atoms with Crippen molar-refractivity contribution in [3.63, 3.8) is 0 Å². The second kappa shape index (κ2) is 6.02. The van der Waals surface area contributed by atoms with Crippen molar-refractivity contribution in [2.75, 3.05) is 32.7 Å². The van der Waals surface area contributed by atoms with E-state index < -0.39 is 0 Å². The number of nitrogens with zero attached hydrogens (tertiary/aromatic N) is 1. The largest absolute Gasteiger partial charge is 0.316 e. The van der Waals surface area contributed by atoms with E-state index in [0.29, 0.717) is 5.41 Å². The first-order valence-corrected chi connectivity index (χ1v) is 7.28. The van der Waals surface area contributed by atoms with E-state index in [1.54, 1.807) is 0 Å². The van der Waals surface area contributed by atoms with Gasteiger partial charge >= 0.3 is 0 Å². The van der Waals surface area contributed by atoms with E-state index in [9.17, 15) is 0 Å². The first-order valence-electron chi connectivity index (χ1n) is 7.28. The van der Waals surface area contributed by atoms with Gasteiger partial charge in [0.1, 0.15) is 0 Å². The zero-order valence-electron chi connectivity index (χ0n) is 10.9. The number of hydrogen-bond donors (Lipinski definition) is 1. The van der Waals surface area contributed by atoms with Crippen LogP contribution in [0.15, 0.2) is 0 Å². The Hall–Kier alpha value is -0.0800. The minimum atomic E-state index is 0.618. The van der Waals surface area contributed by atoms with E-state index in [2.05, 4.69) is 17.1 Å². The molecular weight excluding hydrogens is 196 g/mol. The quantitative estimate of drug-likeness (QED) is 0.772. The topological polar surface area (TPSA) is 15.3 Å². The smallest absolute Gasteiger partial charge is 0.00501 e. The van der Waals surface area contributed by atoms with Gasteiger partial charge in [0.15, 0.2) is 0 Å². The highest BCUT2D eigenvalue weighted by Gasteiger charge is 2.35. The zero-order valence-corrected chi connectivity index (χ0v) is 10.9. The van der Waals surface area contributed by atoms with Gasteiger partial charge in [-0.2, -0.15) is 0 Å². The molecule has 1 heterocycles. The van der Waals surface area contributed by atoms with E-state index >= 15 is 0 Å². The van der Waals surface area contributed by atoms with Crippen molar-refractivity contribution >= 4 is 0 Å². The van der Waals surface area contributed by atoms with E-state index in [0.717, 1.165) is 6.54 Å². The van der Waals surface area contributed by atoms with Crippen LogP contribution < -0.4 is 5.32 Å². The van der Waals surface area contributed by atoms with Crippen LogP contribution in [-0.2, 0) is 0 Å². The molecule has 2 rings (SSSR count). The second-order valence-corrected chi connectivity index (χ2v) is 5.82. The number of hydrogen-bond acceptors (Lipinski definition) is 2. The van der Waals surface area contributed by atoms with Crippen LogP contribution in [0.25, 0.3) is 0 Å². The maximum atomic E-state index is 3.59. The van der Waals surface area contributed by atoms with Crippen LogP contribution in [0.2, 0.25) is 0 Å². The SMILES string of the molecule is CCNCC1(CN2CCCCC2)CCCC1. The number of piperidine rings is 1. The van der Waals surface area contributed by atoms with Gasteiger partial charge in [-0.1, -0.05) is 26.2 Å². The summed E-state index contributed by atoms with van der Waals surface area (Å²) in [5, 5.41) is 3.59. The molecule has 0 amide bonds. The van der Waals surface area contributed by atoms with E-state index in [4.69, 9.17) is 0 Å². The van der Waals surface area contributed by atoms with Crippen LogP contribution in [0.4, 0.5) is 0 Å². The fourth-order valence-electron chi connectivity index (χ4n) is 3.50. The number of nitrogens with one attached hydrogen (secondary N) is 1. The predicted octanol–water partition coefficient (Wildman–Crippen LogP) is 2.64. The van der Waals surface area contributed by atoms with Gasteiger partial charge in [-0.15, -0.1) is 0 Å². The highest BCUT2D eigenvalue weighted by molar-refractivity contribution is 4.89. The molecule has 0 aromatic rings. The minimum Gasteiger partial charge on any atom is -0.316 e. The van der Waals surface area contributed by atoms with Crippen molar-refractivity contribution in [3.05, 3.63) is 0 Å². The standard InChI is InChI=1S/C14H28N2/c1-2-15-12-14(8-4-5-9-14)13-16-10-6-3-7-11-16/h15H,2-13H2,1H3. The summed E-state index contributed by atoms with van der Waals surface area (Å²) in [7, 11) is 0. The lowest BCUT2D eigenvalue weighted by Crippen LogP contribution is -2.44. The van der Waals surface area contributed by atoms with Gasteiger partial charge in [0.2, 0.25) is 0 Å². The third kappa shape index (κ3) is 3.21. The molecule has 1 aliphatic heterocycles. The molecule has 16 heavy (non-hydrogen) atoms. The average molecular weight is 224 g/mol. The third-order valence-electron chi connectivity index (χ3n) is 4.42. The second-order valence-electron chi connectivity index (χ2n) is 5.82. The van der Waals surface area contributed by atoms with Gasteiger partial charge in [0.25, 0.3) is 0 Å². The van der Waals surface area contributed by atoms with Gasteiger partial charge < -0.3 is 10.2 Å². The van der Waals surface area contributed by atoms with Crippen LogP contribution in [0.3, 0.4) is 0 Å². The molecule has 2 fully saturated rings. The van der Waals surface area contributed by atoms with Crippen molar-refractivity contribution in [1.29, 1.82) is 0 Å². The molecule has 0 bridgehead atoms. The van der Waals surface area contributed by atoms with Gasteiger partial charge in [-0.05, 0) is 50.7 Å². The van der Waals surface area contributed by atoms with Gasteiger partial charge in [0, 0.05) is 13.1 Å². The Labute approximate surface area is 101 Å². The summed E-state index contributed by atoms with van der Waals surface area (Å²) >= 11 is 0. The Morgan fingerprint density at radius 3 is 2.31 bits per heavy atom. The first kappa shape index (κ1) is 12.4. The Bertz CT molecular complexity index is 191. The molecule has 1 aliphatic carbocycles. The Morgan fingerprint density at radius 1 is 1.00 bits per heavy atom. The molecule has 0 aromatic heterocycles. The van der Waals surface area contributed by atoms with Crippen LogP contribution in [0.5, 0.6) is 0 Å². The molecule has 1 saturated heterocycles. The maximum absolute atomic E-state index is 3.59. The summed E-state index contributed by atoms with van der Waals surface area (Å²) in [5.74, 6) is 0. The fraction of sp³-hybridized carbons (Fsp3) is 1.00. The molecule has 94 valence electrons. The van der Waals surface area contributed by atoms with Gasteiger partial charge in [-0.25, -0.2) is 0 Å². The number of likely N-dealkylation sites (tertiary alicyclic amines) is 1. The van der Waals surface area contributed by atoms with E-state index in [-0.39, 0.29) is 0 Å². The molecule has 0 radical (unpaired) electrons. The Kier molecular flexibility index (Phi) is 4.66. The normalized spacial score (nSPS) is 26.1. The van der Waals surface area contributed by atoms with Crippen LogP contribution >= 0.6 is 0 Å². The van der Waals surface area contributed by atoms with Crippen molar-refractivity contribution in [2.45, 2.75) is 51.9 Å². The molecule has 1 saturated carbocycles. The molecule has 2 aliphatic rings. The van der Waals surface area contributed by atoms with Crippen LogP contribution in [0, 0.1) is 5.41 Å². The lowest BCUT2D eigenvalue weighted by molar-refractivity contribution is 0.130. The molecule has 2 nitrogen and oxygen atoms in total. The van der Waals surface area contributed by atoms with Crippen LogP contribution in [0.1, 0.15) is 51.9 Å². The maximum Gasteiger partial charge on any atom is 0.00501 e. The van der Waals surface area contributed by atoms with Crippen molar-refractivity contribution in [1.82, 2.24) is 10.2 Å². The molecule has 0 atom stereocenters. The van der Waals surface area contributed by atoms with Gasteiger partial charge in [0.05, 0.1) is 0 Å². The van der Waals surface area contributed by atoms with Crippen molar-refractivity contribution in [2.24, 2.45) is 5.41 Å². The summed E-state index contributed by atoms with van der Waals surface area (Å²) in [6.45, 7) is 8.67. The van der Waals surface area contributed by atoms with E-state index in [1.807, 2.05) is 0 Å². The molecule has 0 aromatic carbocycles. The summed E-state index contributed by atoms with van der Waals surface area (Å²) in [4.78, 5) is 2.73. The van der Waals surface area contributed by atoms with Crippen molar-refractivity contribution in [3.8, 4) is 0 Å². The average Bonchev–Trinajstić information content (AvgIpc) is 2.77. The summed E-state index contributed by atoms with van der Waals surface area (Å²) < 4.78 is 0. The molecule has 1 N–H and O–H groups in total. The highest BCUT2D eigenvalue weighted by Crippen LogP contribution is 2.38. The third-order valence-corrected chi connectivity index (χ3v) is 4.42. The molecular formula is C14H28N2. The lowest BCUT2D eigenvalue weighted by Gasteiger charge is -2.37. The molecule has 0 unspecified atom stereocenters. The highest BCUT2D eigenvalue weighted by atomic mass is 15.1. The monoisotopic (exact) mass is 224 g/mol. The molecule has 2 heteroatoms.